The lowest BCUT2D eigenvalue weighted by molar-refractivity contribution is -0.129. The lowest BCUT2D eigenvalue weighted by Gasteiger charge is -2.41. The number of likely N-dealkylation sites (tertiary alicyclic amines) is 1. The topological polar surface area (TPSA) is 52.6 Å². The fourth-order valence-electron chi connectivity index (χ4n) is 5.48. The van der Waals surface area contributed by atoms with Crippen LogP contribution in [-0.4, -0.2) is 41.1 Å². The summed E-state index contributed by atoms with van der Waals surface area (Å²) in [5.74, 6) is 2.16. The Morgan fingerprint density at radius 3 is 2.74 bits per heavy atom. The smallest absolute Gasteiger partial charge is 0.269 e. The van der Waals surface area contributed by atoms with Gasteiger partial charge in [-0.25, -0.2) is 0 Å². The number of amides is 1. The highest BCUT2D eigenvalue weighted by Crippen LogP contribution is 2.37. The van der Waals surface area contributed by atoms with E-state index in [0.717, 1.165) is 69.1 Å². The quantitative estimate of drug-likeness (QED) is 0.593. The van der Waals surface area contributed by atoms with E-state index in [1.807, 2.05) is 4.90 Å². The average molecular weight is 484 g/mol. The van der Waals surface area contributed by atoms with E-state index in [-0.39, 0.29) is 18.1 Å². The first-order chi connectivity index (χ1) is 13.1. The van der Waals surface area contributed by atoms with Gasteiger partial charge >= 0.3 is 0 Å². The average Bonchev–Trinajstić information content (AvgIpc) is 2.70. The van der Waals surface area contributed by atoms with Gasteiger partial charge in [-0.05, 0) is 102 Å². The normalized spacial score (nSPS) is 35.0. The van der Waals surface area contributed by atoms with E-state index < -0.39 is 0 Å². The van der Waals surface area contributed by atoms with Crippen LogP contribution in [0.2, 0.25) is 0 Å². The summed E-state index contributed by atoms with van der Waals surface area (Å²) in [6.07, 6.45) is 15.7. The Labute approximate surface area is 177 Å². The first kappa shape index (κ1) is 19.7. The van der Waals surface area contributed by atoms with E-state index in [0.29, 0.717) is 5.92 Å². The zero-order valence-electron chi connectivity index (χ0n) is 16.2. The summed E-state index contributed by atoms with van der Waals surface area (Å²) >= 11 is 2.54. The minimum absolute atomic E-state index is 0.0698. The van der Waals surface area contributed by atoms with Crippen molar-refractivity contribution in [2.45, 2.75) is 76.4 Å². The molecule has 2 aliphatic heterocycles. The van der Waals surface area contributed by atoms with Crippen molar-refractivity contribution >= 4 is 28.5 Å². The van der Waals surface area contributed by atoms with E-state index >= 15 is 0 Å². The highest BCUT2D eigenvalue weighted by Gasteiger charge is 2.37. The molecule has 1 saturated heterocycles. The van der Waals surface area contributed by atoms with Crippen LogP contribution in [0.3, 0.4) is 0 Å². The molecular weight excluding hydrogens is 451 g/mol. The summed E-state index contributed by atoms with van der Waals surface area (Å²) in [5.41, 5.74) is 0.736. The standard InChI is InChI=1S/C22H33IN2O2/c23-18-6-2-1-4-17(18)14-15-10-12-25(13-11-15)22(27)19-9-8-16-5-3-7-20(26)21(16)24-19/h6,9,15-17,20-21,24,26H,1-5,7-8,10-14H2/t16?,17-,20?,21?/m0/s1. The van der Waals surface area contributed by atoms with E-state index in [9.17, 15) is 9.90 Å². The molecule has 27 heavy (non-hydrogen) atoms. The summed E-state index contributed by atoms with van der Waals surface area (Å²) in [6.45, 7) is 1.76. The number of aliphatic hydroxyl groups is 1. The number of nitrogens with one attached hydrogen (secondary N) is 1. The molecule has 4 nitrogen and oxygen atoms in total. The number of hydrogen-bond acceptors (Lipinski definition) is 3. The number of fused-ring (bicyclic) bond motifs is 1. The second-order valence-electron chi connectivity index (χ2n) is 8.97. The van der Waals surface area contributed by atoms with Crippen molar-refractivity contribution in [3.63, 3.8) is 0 Å². The third-order valence-corrected chi connectivity index (χ3v) is 8.50. The molecule has 5 heteroatoms. The predicted octanol–water partition coefficient (Wildman–Crippen LogP) is 4.14. The molecule has 0 aromatic carbocycles. The molecule has 2 aliphatic carbocycles. The van der Waals surface area contributed by atoms with Gasteiger partial charge in [0, 0.05) is 13.1 Å². The Kier molecular flexibility index (Phi) is 6.47. The lowest BCUT2D eigenvalue weighted by atomic mass is 9.78. The van der Waals surface area contributed by atoms with Gasteiger partial charge in [0.15, 0.2) is 0 Å². The van der Waals surface area contributed by atoms with Crippen LogP contribution in [0.5, 0.6) is 0 Å². The number of allylic oxidation sites excluding steroid dienone is 3. The lowest BCUT2D eigenvalue weighted by Crippen LogP contribution is -2.52. The fourth-order valence-corrected chi connectivity index (χ4v) is 6.36. The van der Waals surface area contributed by atoms with Crippen molar-refractivity contribution in [3.05, 3.63) is 21.4 Å². The van der Waals surface area contributed by atoms with Crippen LogP contribution in [0.1, 0.15) is 64.2 Å². The number of aliphatic hydroxyl groups excluding tert-OH is 1. The summed E-state index contributed by atoms with van der Waals surface area (Å²) in [7, 11) is 0. The van der Waals surface area contributed by atoms with E-state index in [1.165, 1.54) is 25.7 Å². The molecule has 150 valence electrons. The molecule has 0 radical (unpaired) electrons. The molecule has 2 fully saturated rings. The summed E-state index contributed by atoms with van der Waals surface area (Å²) < 4.78 is 1.56. The second kappa shape index (κ2) is 8.85. The van der Waals surface area contributed by atoms with Gasteiger partial charge < -0.3 is 15.3 Å². The second-order valence-corrected chi connectivity index (χ2v) is 10.2. The molecule has 2 heterocycles. The number of carbonyl (C=O) groups excluding carboxylic acids is 1. The predicted molar refractivity (Wildman–Crippen MR) is 116 cm³/mol. The van der Waals surface area contributed by atoms with Gasteiger partial charge in [0.05, 0.1) is 17.8 Å². The Hall–Kier alpha value is -0.560. The van der Waals surface area contributed by atoms with E-state index in [1.54, 1.807) is 3.58 Å². The highest BCUT2D eigenvalue weighted by molar-refractivity contribution is 14.1. The number of halogens is 1. The van der Waals surface area contributed by atoms with Gasteiger partial charge in [-0.3, -0.25) is 4.79 Å². The maximum atomic E-state index is 13.0. The van der Waals surface area contributed by atoms with Crippen LogP contribution in [0, 0.1) is 17.8 Å². The first-order valence-corrected chi connectivity index (χ1v) is 12.0. The van der Waals surface area contributed by atoms with Gasteiger partial charge in [-0.1, -0.05) is 18.6 Å². The number of piperidine rings is 1. The summed E-state index contributed by atoms with van der Waals surface area (Å²) in [4.78, 5) is 15.0. The highest BCUT2D eigenvalue weighted by atomic mass is 127. The summed E-state index contributed by atoms with van der Waals surface area (Å²) in [5, 5.41) is 13.7. The van der Waals surface area contributed by atoms with E-state index in [4.69, 9.17) is 0 Å². The molecule has 2 N–H and O–H groups in total. The van der Waals surface area contributed by atoms with Crippen molar-refractivity contribution in [1.82, 2.24) is 10.2 Å². The maximum Gasteiger partial charge on any atom is 0.269 e. The Morgan fingerprint density at radius 1 is 1.15 bits per heavy atom. The van der Waals surface area contributed by atoms with Gasteiger partial charge in [0.1, 0.15) is 0 Å². The molecular formula is C22H33IN2O2. The Bertz CT molecular complexity index is 609. The molecule has 1 saturated carbocycles. The number of carbonyl (C=O) groups is 1. The summed E-state index contributed by atoms with van der Waals surface area (Å²) in [6, 6.07) is 0.0698. The van der Waals surface area contributed by atoms with Crippen molar-refractivity contribution in [2.75, 3.05) is 13.1 Å². The molecule has 0 spiro atoms. The number of nitrogens with zero attached hydrogens (tertiary/aromatic N) is 1. The third-order valence-electron chi connectivity index (χ3n) is 7.18. The van der Waals surface area contributed by atoms with E-state index in [2.05, 4.69) is 40.1 Å². The van der Waals surface area contributed by atoms with Crippen molar-refractivity contribution in [1.29, 1.82) is 0 Å². The van der Waals surface area contributed by atoms with Crippen LogP contribution in [-0.2, 0) is 4.79 Å². The molecule has 4 aliphatic rings. The largest absolute Gasteiger partial charge is 0.391 e. The van der Waals surface area contributed by atoms with Gasteiger partial charge in [0.25, 0.3) is 5.91 Å². The monoisotopic (exact) mass is 484 g/mol. The molecule has 0 aromatic heterocycles. The third kappa shape index (κ3) is 4.55. The Morgan fingerprint density at radius 2 is 1.96 bits per heavy atom. The van der Waals surface area contributed by atoms with Crippen LogP contribution < -0.4 is 5.32 Å². The van der Waals surface area contributed by atoms with Crippen molar-refractivity contribution < 1.29 is 9.90 Å². The SMILES string of the molecule is O=C(C1=CCC2CCCC(O)C2N1)N1CCC(C[C@@H]2CCCC=C2I)CC1. The van der Waals surface area contributed by atoms with Crippen molar-refractivity contribution in [3.8, 4) is 0 Å². The van der Waals surface area contributed by atoms with Crippen LogP contribution >= 0.6 is 22.6 Å². The molecule has 0 bridgehead atoms. The fraction of sp³-hybridized carbons (Fsp3) is 0.773. The zero-order chi connectivity index (χ0) is 18.8. The molecule has 3 unspecified atom stereocenters. The van der Waals surface area contributed by atoms with Gasteiger partial charge in [-0.15, -0.1) is 0 Å². The number of rotatable bonds is 3. The first-order valence-electron chi connectivity index (χ1n) is 10.9. The minimum Gasteiger partial charge on any atom is -0.391 e. The zero-order valence-corrected chi connectivity index (χ0v) is 18.4. The maximum absolute atomic E-state index is 13.0. The molecule has 1 amide bonds. The van der Waals surface area contributed by atoms with Crippen LogP contribution in [0.4, 0.5) is 0 Å². The minimum atomic E-state index is -0.308. The Balaban J connectivity index is 1.29. The van der Waals surface area contributed by atoms with Crippen LogP contribution in [0.15, 0.2) is 21.4 Å². The van der Waals surface area contributed by atoms with Crippen molar-refractivity contribution in [2.24, 2.45) is 17.8 Å². The molecule has 4 atom stereocenters. The number of hydrogen-bond donors (Lipinski definition) is 2. The molecule has 4 rings (SSSR count). The van der Waals surface area contributed by atoms with Crippen LogP contribution in [0.25, 0.3) is 0 Å². The van der Waals surface area contributed by atoms with Gasteiger partial charge in [0.2, 0.25) is 0 Å². The molecule has 0 aromatic rings. The van der Waals surface area contributed by atoms with Gasteiger partial charge in [-0.2, -0.15) is 0 Å².